The number of hydrogen-bond donors (Lipinski definition) is 2. The fourth-order valence-corrected chi connectivity index (χ4v) is 4.04. The van der Waals surface area contributed by atoms with Crippen molar-refractivity contribution in [2.75, 3.05) is 26.3 Å². The van der Waals surface area contributed by atoms with E-state index in [1.807, 2.05) is 0 Å². The SMILES string of the molecule is CCC[C@H]1CN(C2CCOCC2)C[C@@H]1NC(=O)CCc1cc(=O)[nH]o1.Cl. The largest absolute Gasteiger partial charge is 0.384 e. The fourth-order valence-electron chi connectivity index (χ4n) is 4.04. The van der Waals surface area contributed by atoms with E-state index in [2.05, 4.69) is 22.3 Å². The molecule has 148 valence electrons. The van der Waals surface area contributed by atoms with Crippen molar-refractivity contribution in [1.29, 1.82) is 0 Å². The monoisotopic (exact) mass is 387 g/mol. The van der Waals surface area contributed by atoms with Crippen molar-refractivity contribution in [1.82, 2.24) is 15.4 Å². The third-order valence-corrected chi connectivity index (χ3v) is 5.36. The van der Waals surface area contributed by atoms with E-state index in [9.17, 15) is 9.59 Å². The second-order valence-corrected chi connectivity index (χ2v) is 7.20. The number of aromatic amines is 1. The lowest BCUT2D eigenvalue weighted by molar-refractivity contribution is -0.122. The van der Waals surface area contributed by atoms with Gasteiger partial charge in [0.25, 0.3) is 5.56 Å². The second kappa shape index (κ2) is 10.1. The van der Waals surface area contributed by atoms with E-state index in [0.29, 0.717) is 30.6 Å². The average molecular weight is 388 g/mol. The van der Waals surface area contributed by atoms with Crippen molar-refractivity contribution >= 4 is 18.3 Å². The number of nitrogens with one attached hydrogen (secondary N) is 2. The number of carbonyl (C=O) groups is 1. The maximum atomic E-state index is 12.3. The van der Waals surface area contributed by atoms with Crippen LogP contribution in [-0.4, -0.2) is 54.4 Å². The molecular weight excluding hydrogens is 358 g/mol. The Bertz CT molecular complexity index is 612. The summed E-state index contributed by atoms with van der Waals surface area (Å²) in [4.78, 5) is 25.9. The molecule has 2 aliphatic rings. The molecule has 0 aliphatic carbocycles. The van der Waals surface area contributed by atoms with Crippen molar-refractivity contribution in [3.8, 4) is 0 Å². The number of amides is 1. The van der Waals surface area contributed by atoms with Crippen molar-refractivity contribution in [3.63, 3.8) is 0 Å². The van der Waals surface area contributed by atoms with Crippen LogP contribution in [0.1, 0.15) is 44.8 Å². The van der Waals surface area contributed by atoms with E-state index >= 15 is 0 Å². The summed E-state index contributed by atoms with van der Waals surface area (Å²) < 4.78 is 10.5. The molecule has 0 radical (unpaired) electrons. The van der Waals surface area contributed by atoms with Crippen LogP contribution in [0.25, 0.3) is 0 Å². The van der Waals surface area contributed by atoms with Gasteiger partial charge in [0.2, 0.25) is 5.91 Å². The average Bonchev–Trinajstić information content (AvgIpc) is 3.21. The lowest BCUT2D eigenvalue weighted by Crippen LogP contribution is -2.42. The molecule has 1 aromatic heterocycles. The minimum Gasteiger partial charge on any atom is -0.384 e. The highest BCUT2D eigenvalue weighted by Gasteiger charge is 2.36. The molecule has 26 heavy (non-hydrogen) atoms. The molecule has 2 saturated heterocycles. The standard InChI is InChI=1S/C18H29N3O4.ClH/c1-2-3-13-11-21(14-6-8-24-9-7-14)12-16(13)19-17(22)5-4-15-10-18(23)20-25-15;/h10,13-14,16H,2-9,11-12H2,1H3,(H,19,22)(H,20,23);1H/t13-,16-;/m0./s1. The minimum atomic E-state index is -0.263. The van der Waals surface area contributed by atoms with Gasteiger partial charge in [-0.2, -0.15) is 5.16 Å². The van der Waals surface area contributed by atoms with Gasteiger partial charge in [0.15, 0.2) is 0 Å². The van der Waals surface area contributed by atoms with Crippen LogP contribution in [0.3, 0.4) is 0 Å². The zero-order chi connectivity index (χ0) is 17.6. The molecule has 0 saturated carbocycles. The van der Waals surface area contributed by atoms with Gasteiger partial charge in [-0.25, -0.2) is 0 Å². The Labute approximate surface area is 160 Å². The van der Waals surface area contributed by atoms with Crippen LogP contribution in [0.4, 0.5) is 0 Å². The number of aryl methyl sites for hydroxylation is 1. The Balaban J connectivity index is 0.00000243. The van der Waals surface area contributed by atoms with Gasteiger partial charge in [0, 0.05) is 57.3 Å². The summed E-state index contributed by atoms with van der Waals surface area (Å²) in [7, 11) is 0. The molecule has 2 atom stereocenters. The quantitative estimate of drug-likeness (QED) is 0.743. The van der Waals surface area contributed by atoms with Gasteiger partial charge in [-0.1, -0.05) is 13.3 Å². The highest BCUT2D eigenvalue weighted by molar-refractivity contribution is 5.85. The summed E-state index contributed by atoms with van der Waals surface area (Å²) in [6.45, 7) is 5.89. The summed E-state index contributed by atoms with van der Waals surface area (Å²) >= 11 is 0. The predicted octanol–water partition coefficient (Wildman–Crippen LogP) is 1.72. The Kier molecular flexibility index (Phi) is 8.18. The molecule has 2 N–H and O–H groups in total. The third-order valence-electron chi connectivity index (χ3n) is 5.36. The molecule has 2 fully saturated rings. The zero-order valence-corrected chi connectivity index (χ0v) is 16.2. The molecule has 0 aromatic carbocycles. The Hall–Kier alpha value is -1.31. The maximum absolute atomic E-state index is 12.3. The first kappa shape index (κ1) is 21.0. The van der Waals surface area contributed by atoms with E-state index in [-0.39, 0.29) is 29.9 Å². The maximum Gasteiger partial charge on any atom is 0.280 e. The molecule has 8 heteroatoms. The van der Waals surface area contributed by atoms with Gasteiger partial charge < -0.3 is 14.6 Å². The van der Waals surface area contributed by atoms with E-state index in [0.717, 1.165) is 52.0 Å². The lowest BCUT2D eigenvalue weighted by Gasteiger charge is -2.31. The summed E-state index contributed by atoms with van der Waals surface area (Å²) in [5.41, 5.74) is -0.263. The van der Waals surface area contributed by atoms with Gasteiger partial charge in [-0.3, -0.25) is 14.5 Å². The number of carbonyl (C=O) groups excluding carboxylic acids is 1. The van der Waals surface area contributed by atoms with Gasteiger partial charge >= 0.3 is 0 Å². The van der Waals surface area contributed by atoms with Crippen molar-refractivity contribution in [2.45, 2.75) is 57.5 Å². The predicted molar refractivity (Wildman–Crippen MR) is 101 cm³/mol. The number of H-pyrrole nitrogens is 1. The molecule has 1 aromatic rings. The van der Waals surface area contributed by atoms with Gasteiger partial charge in [0.1, 0.15) is 5.76 Å². The summed E-state index contributed by atoms with van der Waals surface area (Å²) in [5, 5.41) is 5.47. The molecule has 0 spiro atoms. The second-order valence-electron chi connectivity index (χ2n) is 7.20. The van der Waals surface area contributed by atoms with E-state index < -0.39 is 0 Å². The van der Waals surface area contributed by atoms with E-state index in [4.69, 9.17) is 9.26 Å². The van der Waals surface area contributed by atoms with Crippen LogP contribution in [-0.2, 0) is 16.0 Å². The fraction of sp³-hybridized carbons (Fsp3) is 0.778. The molecule has 3 rings (SSSR count). The van der Waals surface area contributed by atoms with E-state index in [1.54, 1.807) is 0 Å². The topological polar surface area (TPSA) is 87.6 Å². The van der Waals surface area contributed by atoms with Crippen LogP contribution >= 0.6 is 12.4 Å². The Morgan fingerprint density at radius 1 is 1.35 bits per heavy atom. The van der Waals surface area contributed by atoms with Crippen LogP contribution in [0, 0.1) is 5.92 Å². The number of rotatable bonds is 7. The molecule has 3 heterocycles. The first-order valence-corrected chi connectivity index (χ1v) is 9.44. The van der Waals surface area contributed by atoms with Gasteiger partial charge in [-0.05, 0) is 25.2 Å². The summed E-state index contributed by atoms with van der Waals surface area (Å²) in [6.07, 6.45) is 5.23. The number of aromatic nitrogens is 1. The number of hydrogen-bond acceptors (Lipinski definition) is 5. The molecule has 7 nitrogen and oxygen atoms in total. The summed E-state index contributed by atoms with van der Waals surface area (Å²) in [5.74, 6) is 1.08. The lowest BCUT2D eigenvalue weighted by atomic mass is 9.98. The van der Waals surface area contributed by atoms with Crippen molar-refractivity contribution < 1.29 is 14.1 Å². The first-order chi connectivity index (χ1) is 12.2. The van der Waals surface area contributed by atoms with Gasteiger partial charge in [0.05, 0.1) is 0 Å². The number of nitrogens with zero attached hydrogens (tertiary/aromatic N) is 1. The van der Waals surface area contributed by atoms with Crippen LogP contribution in [0.2, 0.25) is 0 Å². The third kappa shape index (κ3) is 5.59. The molecule has 1 amide bonds. The minimum absolute atomic E-state index is 0. The Morgan fingerprint density at radius 2 is 2.12 bits per heavy atom. The summed E-state index contributed by atoms with van der Waals surface area (Å²) in [6, 6.07) is 2.20. The Morgan fingerprint density at radius 3 is 2.77 bits per heavy atom. The van der Waals surface area contributed by atoms with Crippen LogP contribution in [0.5, 0.6) is 0 Å². The first-order valence-electron chi connectivity index (χ1n) is 9.44. The van der Waals surface area contributed by atoms with Crippen molar-refractivity contribution in [2.24, 2.45) is 5.92 Å². The van der Waals surface area contributed by atoms with Gasteiger partial charge in [-0.15, -0.1) is 12.4 Å². The smallest absolute Gasteiger partial charge is 0.280 e. The van der Waals surface area contributed by atoms with Crippen LogP contribution in [0.15, 0.2) is 15.4 Å². The molecular formula is C18H30ClN3O4. The number of ether oxygens (including phenoxy) is 1. The number of halogens is 1. The van der Waals surface area contributed by atoms with Crippen molar-refractivity contribution in [3.05, 3.63) is 22.2 Å². The zero-order valence-electron chi connectivity index (χ0n) is 15.4. The highest BCUT2D eigenvalue weighted by atomic mass is 35.5. The molecule has 0 unspecified atom stereocenters. The van der Waals surface area contributed by atoms with E-state index in [1.165, 1.54) is 6.07 Å². The number of likely N-dealkylation sites (tertiary alicyclic amines) is 1. The molecule has 2 aliphatic heterocycles. The normalized spacial score (nSPS) is 24.3. The highest BCUT2D eigenvalue weighted by Crippen LogP contribution is 2.27. The van der Waals surface area contributed by atoms with Crippen LogP contribution < -0.4 is 10.9 Å². The molecule has 0 bridgehead atoms.